The number of rotatable bonds is 6. The van der Waals surface area contributed by atoms with Gasteiger partial charge in [-0.3, -0.25) is 4.98 Å². The van der Waals surface area contributed by atoms with Crippen LogP contribution in [0.3, 0.4) is 0 Å². The smallest absolute Gasteiger partial charge is 0.348 e. The average molecular weight is 380 g/mol. The zero-order valence-corrected chi connectivity index (χ0v) is 15.9. The lowest BCUT2D eigenvalue weighted by atomic mass is 9.97. The van der Waals surface area contributed by atoms with Gasteiger partial charge < -0.3 is 9.64 Å². The third-order valence-electron chi connectivity index (χ3n) is 5.18. The number of nitrogens with one attached hydrogen (secondary N) is 1. The largest absolute Gasteiger partial charge is 0.497 e. The second-order valence-electron chi connectivity index (χ2n) is 7.06. The quantitative estimate of drug-likeness (QED) is 0.701. The predicted molar refractivity (Wildman–Crippen MR) is 105 cm³/mol. The number of aromatic amines is 1. The molecule has 0 aliphatic carbocycles. The number of H-pyrrole nitrogens is 1. The Kier molecular flexibility index (Phi) is 5.48. The number of aromatic nitrogens is 5. The van der Waals surface area contributed by atoms with Gasteiger partial charge in [-0.1, -0.05) is 0 Å². The summed E-state index contributed by atoms with van der Waals surface area (Å²) < 4.78 is 6.60. The molecule has 1 fully saturated rings. The number of hydrogen-bond donors (Lipinski definition) is 1. The molecule has 1 aliphatic rings. The van der Waals surface area contributed by atoms with Crippen molar-refractivity contribution in [3.05, 3.63) is 64.9 Å². The van der Waals surface area contributed by atoms with Gasteiger partial charge >= 0.3 is 5.69 Å². The molecule has 3 heterocycles. The van der Waals surface area contributed by atoms with E-state index < -0.39 is 0 Å². The number of ether oxygens (including phenoxy) is 1. The van der Waals surface area contributed by atoms with Crippen LogP contribution in [-0.2, 0) is 6.42 Å². The maximum absolute atomic E-state index is 12.4. The van der Waals surface area contributed by atoms with Crippen LogP contribution < -0.4 is 10.4 Å². The average Bonchev–Trinajstić information content (AvgIpc) is 3.15. The molecule has 3 aromatic rings. The van der Waals surface area contributed by atoms with E-state index in [4.69, 9.17) is 4.74 Å². The van der Waals surface area contributed by atoms with Gasteiger partial charge in [0.15, 0.2) is 0 Å². The van der Waals surface area contributed by atoms with Gasteiger partial charge in [-0.05, 0) is 55.6 Å². The minimum atomic E-state index is -0.210. The van der Waals surface area contributed by atoms with Crippen molar-refractivity contribution in [1.29, 1.82) is 0 Å². The van der Waals surface area contributed by atoms with Gasteiger partial charge in [-0.2, -0.15) is 4.68 Å². The summed E-state index contributed by atoms with van der Waals surface area (Å²) in [6.45, 7) is 2.91. The number of benzene rings is 1. The van der Waals surface area contributed by atoms with Crippen molar-refractivity contribution in [3.63, 3.8) is 0 Å². The molecule has 0 spiro atoms. The number of likely N-dealkylation sites (tertiary alicyclic amines) is 1. The minimum absolute atomic E-state index is 0.210. The Labute approximate surface area is 163 Å². The van der Waals surface area contributed by atoms with Crippen LogP contribution >= 0.6 is 0 Å². The molecule has 8 nitrogen and oxygen atoms in total. The van der Waals surface area contributed by atoms with Gasteiger partial charge in [-0.25, -0.2) is 14.8 Å². The first-order valence-electron chi connectivity index (χ1n) is 9.53. The summed E-state index contributed by atoms with van der Waals surface area (Å²) >= 11 is 0. The lowest BCUT2D eigenvalue weighted by Gasteiger charge is -2.31. The Morgan fingerprint density at radius 3 is 2.75 bits per heavy atom. The van der Waals surface area contributed by atoms with Crippen molar-refractivity contribution in [1.82, 2.24) is 29.6 Å². The fourth-order valence-electron chi connectivity index (χ4n) is 3.65. The second-order valence-corrected chi connectivity index (χ2v) is 7.06. The minimum Gasteiger partial charge on any atom is -0.497 e. The van der Waals surface area contributed by atoms with E-state index in [1.54, 1.807) is 13.4 Å². The van der Waals surface area contributed by atoms with E-state index in [0.717, 1.165) is 61.7 Å². The van der Waals surface area contributed by atoms with Gasteiger partial charge in [0.2, 0.25) is 0 Å². The maximum atomic E-state index is 12.4. The van der Waals surface area contributed by atoms with Gasteiger partial charge in [0, 0.05) is 31.4 Å². The summed E-state index contributed by atoms with van der Waals surface area (Å²) in [4.78, 5) is 25.9. The lowest BCUT2D eigenvalue weighted by Crippen LogP contribution is -2.36. The van der Waals surface area contributed by atoms with Crippen LogP contribution in [0.2, 0.25) is 0 Å². The number of nitrogens with zero attached hydrogens (tertiary/aromatic N) is 5. The standard InChI is InChI=1S/C20H24N6O2/c1-28-18-6-4-17(5-7-18)26-20(27)23-19(24-26)16-3-2-9-25(13-16)10-8-15-11-21-14-22-12-15/h4-7,11-12,14,16H,2-3,8-10,13H2,1H3,(H,23,24,27)/t16-/m0/s1. The number of hydrogen-bond acceptors (Lipinski definition) is 6. The van der Waals surface area contributed by atoms with Crippen molar-refractivity contribution in [2.75, 3.05) is 26.7 Å². The molecular formula is C20H24N6O2. The SMILES string of the molecule is COc1ccc(-n2nc([C@H]3CCCN(CCc4cncnc4)C3)[nH]c2=O)cc1. The summed E-state index contributed by atoms with van der Waals surface area (Å²) in [7, 11) is 1.62. The van der Waals surface area contributed by atoms with Crippen LogP contribution in [-0.4, -0.2) is 56.4 Å². The second kappa shape index (κ2) is 8.35. The zero-order valence-electron chi connectivity index (χ0n) is 15.9. The Balaban J connectivity index is 1.44. The van der Waals surface area contributed by atoms with Crippen LogP contribution in [0, 0.1) is 0 Å². The van der Waals surface area contributed by atoms with Gasteiger partial charge in [0.05, 0.1) is 12.8 Å². The van der Waals surface area contributed by atoms with E-state index in [1.165, 1.54) is 4.68 Å². The third kappa shape index (κ3) is 4.12. The molecule has 1 atom stereocenters. The van der Waals surface area contributed by atoms with Crippen LogP contribution in [0.1, 0.15) is 30.1 Å². The fraction of sp³-hybridized carbons (Fsp3) is 0.400. The topological polar surface area (TPSA) is 88.9 Å². The molecule has 146 valence electrons. The van der Waals surface area contributed by atoms with E-state index in [1.807, 2.05) is 36.7 Å². The van der Waals surface area contributed by atoms with E-state index in [-0.39, 0.29) is 11.6 Å². The molecule has 8 heteroatoms. The number of methoxy groups -OCH3 is 1. The zero-order chi connectivity index (χ0) is 19.3. The number of piperidine rings is 1. The van der Waals surface area contributed by atoms with E-state index >= 15 is 0 Å². The summed E-state index contributed by atoms with van der Waals surface area (Å²) in [5, 5.41) is 4.57. The molecule has 0 radical (unpaired) electrons. The van der Waals surface area contributed by atoms with Gasteiger partial charge in [0.1, 0.15) is 17.9 Å². The molecule has 1 N–H and O–H groups in total. The van der Waals surface area contributed by atoms with Gasteiger partial charge in [0.25, 0.3) is 0 Å². The van der Waals surface area contributed by atoms with Crippen LogP contribution in [0.25, 0.3) is 5.69 Å². The molecule has 1 aliphatic heterocycles. The van der Waals surface area contributed by atoms with Crippen molar-refractivity contribution in [2.45, 2.75) is 25.2 Å². The summed E-state index contributed by atoms with van der Waals surface area (Å²) in [6.07, 6.45) is 8.32. The predicted octanol–water partition coefficient (Wildman–Crippen LogP) is 1.78. The first kappa shape index (κ1) is 18.4. The van der Waals surface area contributed by atoms with Crippen LogP contribution in [0.15, 0.2) is 47.8 Å². The van der Waals surface area contributed by atoms with Gasteiger partial charge in [-0.15, -0.1) is 5.10 Å². The van der Waals surface area contributed by atoms with Crippen molar-refractivity contribution in [3.8, 4) is 11.4 Å². The monoisotopic (exact) mass is 380 g/mol. The highest BCUT2D eigenvalue weighted by atomic mass is 16.5. The first-order valence-corrected chi connectivity index (χ1v) is 9.53. The molecule has 1 aromatic carbocycles. The summed E-state index contributed by atoms with van der Waals surface area (Å²) in [6, 6.07) is 7.32. The Morgan fingerprint density at radius 1 is 1.21 bits per heavy atom. The van der Waals surface area contributed by atoms with E-state index in [0.29, 0.717) is 0 Å². The molecule has 1 saturated heterocycles. The van der Waals surface area contributed by atoms with Crippen molar-refractivity contribution in [2.24, 2.45) is 0 Å². The highest BCUT2D eigenvalue weighted by Crippen LogP contribution is 2.24. The summed E-state index contributed by atoms with van der Waals surface area (Å²) in [5.74, 6) is 1.74. The molecule has 2 aromatic heterocycles. The van der Waals surface area contributed by atoms with Crippen LogP contribution in [0.5, 0.6) is 5.75 Å². The molecule has 0 saturated carbocycles. The maximum Gasteiger partial charge on any atom is 0.348 e. The van der Waals surface area contributed by atoms with Crippen molar-refractivity contribution < 1.29 is 4.74 Å². The first-order chi connectivity index (χ1) is 13.7. The highest BCUT2D eigenvalue weighted by Gasteiger charge is 2.24. The van der Waals surface area contributed by atoms with Crippen LogP contribution in [0.4, 0.5) is 0 Å². The lowest BCUT2D eigenvalue weighted by molar-refractivity contribution is 0.206. The normalized spacial score (nSPS) is 17.5. The molecule has 0 bridgehead atoms. The molecule has 0 unspecified atom stereocenters. The Morgan fingerprint density at radius 2 is 2.00 bits per heavy atom. The highest BCUT2D eigenvalue weighted by molar-refractivity contribution is 5.36. The molecular weight excluding hydrogens is 356 g/mol. The summed E-state index contributed by atoms with van der Waals surface area (Å²) in [5.41, 5.74) is 1.66. The van der Waals surface area contributed by atoms with Crippen molar-refractivity contribution >= 4 is 0 Å². The Hall–Kier alpha value is -3.00. The Bertz CT molecular complexity index is 951. The molecule has 0 amide bonds. The fourth-order valence-corrected chi connectivity index (χ4v) is 3.65. The molecule has 28 heavy (non-hydrogen) atoms. The molecule has 4 rings (SSSR count). The third-order valence-corrected chi connectivity index (χ3v) is 5.18. The van der Waals surface area contributed by atoms with E-state index in [9.17, 15) is 4.79 Å². The van der Waals surface area contributed by atoms with E-state index in [2.05, 4.69) is 25.0 Å².